The van der Waals surface area contributed by atoms with E-state index in [0.29, 0.717) is 12.5 Å². The second kappa shape index (κ2) is 10.9. The number of nitrogens with one attached hydrogen (secondary N) is 2. The van der Waals surface area contributed by atoms with Crippen molar-refractivity contribution in [3.8, 4) is 5.75 Å². The molecule has 0 saturated carbocycles. The van der Waals surface area contributed by atoms with Crippen LogP contribution in [-0.4, -0.2) is 63.6 Å². The molecule has 1 amide bonds. The molecule has 0 spiro atoms. The van der Waals surface area contributed by atoms with Gasteiger partial charge >= 0.3 is 0 Å². The summed E-state index contributed by atoms with van der Waals surface area (Å²) in [5.74, 6) is 1.52. The fraction of sp³-hybridized carbons (Fsp3) is 0.455. The lowest BCUT2D eigenvalue weighted by Crippen LogP contribution is -2.51. The summed E-state index contributed by atoms with van der Waals surface area (Å²) in [5.41, 5.74) is 1.16. The maximum absolute atomic E-state index is 12.0. The molecule has 7 nitrogen and oxygen atoms in total. The summed E-state index contributed by atoms with van der Waals surface area (Å²) in [6.45, 7) is 2.69. The molecule has 1 aromatic heterocycles. The molecule has 8 heteroatoms. The number of aliphatic imine (C=N–C) groups is 1. The number of nitrogens with zero attached hydrogens (tertiary/aromatic N) is 3. The van der Waals surface area contributed by atoms with E-state index < -0.39 is 0 Å². The Balaban J connectivity index is 1.65. The first-order chi connectivity index (χ1) is 14.5. The van der Waals surface area contributed by atoms with Gasteiger partial charge in [0.15, 0.2) is 5.96 Å². The number of carbonyl (C=O) groups is 1. The number of rotatable bonds is 7. The molecule has 3 rings (SSSR count). The number of guanidine groups is 1. The highest BCUT2D eigenvalue weighted by molar-refractivity contribution is 7.09. The minimum atomic E-state index is -0.0196. The minimum absolute atomic E-state index is 0.0196. The molecule has 2 heterocycles. The summed E-state index contributed by atoms with van der Waals surface area (Å²) < 4.78 is 5.37. The third-order valence-electron chi connectivity index (χ3n) is 5.06. The number of methoxy groups -OCH3 is 1. The van der Waals surface area contributed by atoms with Gasteiger partial charge < -0.3 is 25.2 Å². The number of anilines is 1. The second-order valence-electron chi connectivity index (χ2n) is 7.52. The predicted octanol–water partition coefficient (Wildman–Crippen LogP) is 2.55. The van der Waals surface area contributed by atoms with Crippen molar-refractivity contribution in [1.29, 1.82) is 0 Å². The van der Waals surface area contributed by atoms with Crippen LogP contribution in [0.15, 0.2) is 46.8 Å². The van der Waals surface area contributed by atoms with Gasteiger partial charge in [0.05, 0.1) is 13.7 Å². The van der Waals surface area contributed by atoms with Crippen LogP contribution in [0.5, 0.6) is 5.75 Å². The molecule has 30 heavy (non-hydrogen) atoms. The zero-order valence-electron chi connectivity index (χ0n) is 17.9. The number of ether oxygens (including phenoxy) is 1. The molecular weight excluding hydrogens is 398 g/mol. The molecule has 1 saturated heterocycles. The molecule has 1 aromatic carbocycles. The van der Waals surface area contributed by atoms with Crippen molar-refractivity contribution < 1.29 is 9.53 Å². The Hall–Kier alpha value is -2.74. The van der Waals surface area contributed by atoms with Crippen LogP contribution in [0, 0.1) is 0 Å². The van der Waals surface area contributed by atoms with Gasteiger partial charge in [-0.25, -0.2) is 4.99 Å². The highest BCUT2D eigenvalue weighted by Crippen LogP contribution is 2.24. The van der Waals surface area contributed by atoms with Gasteiger partial charge in [-0.2, -0.15) is 0 Å². The van der Waals surface area contributed by atoms with Gasteiger partial charge in [-0.15, -0.1) is 11.3 Å². The average Bonchev–Trinajstić information content (AvgIpc) is 3.29. The molecule has 162 valence electrons. The summed E-state index contributed by atoms with van der Waals surface area (Å²) in [6.07, 6.45) is 2.14. The van der Waals surface area contributed by atoms with Gasteiger partial charge in [-0.3, -0.25) is 4.79 Å². The smallest absolute Gasteiger partial charge is 0.243 e. The van der Waals surface area contributed by atoms with E-state index in [1.807, 2.05) is 18.2 Å². The van der Waals surface area contributed by atoms with Crippen LogP contribution in [0.4, 0.5) is 5.69 Å². The van der Waals surface area contributed by atoms with E-state index in [4.69, 9.17) is 4.74 Å². The van der Waals surface area contributed by atoms with Crippen molar-refractivity contribution in [3.63, 3.8) is 0 Å². The van der Waals surface area contributed by atoms with E-state index in [1.165, 1.54) is 4.88 Å². The Morgan fingerprint density at radius 3 is 2.93 bits per heavy atom. The summed E-state index contributed by atoms with van der Waals surface area (Å²) in [6, 6.07) is 12.5. The SMILES string of the molecule is COc1cccc(N2CCCC(NC(=NCC(=O)N(C)C)NCc3cccs3)C2)c1. The Kier molecular flexibility index (Phi) is 7.96. The number of likely N-dealkylation sites (N-methyl/N-ethyl adjacent to an activating group) is 1. The first-order valence-corrected chi connectivity index (χ1v) is 11.1. The normalized spacial score (nSPS) is 16.8. The van der Waals surface area contributed by atoms with Gasteiger partial charge in [-0.05, 0) is 36.4 Å². The van der Waals surface area contributed by atoms with Gasteiger partial charge in [0.25, 0.3) is 0 Å². The number of piperidine rings is 1. The van der Waals surface area contributed by atoms with Crippen molar-refractivity contribution in [1.82, 2.24) is 15.5 Å². The number of thiophene rings is 1. The van der Waals surface area contributed by atoms with E-state index in [0.717, 1.165) is 37.4 Å². The molecule has 0 radical (unpaired) electrons. The Labute approximate surface area is 182 Å². The highest BCUT2D eigenvalue weighted by Gasteiger charge is 2.21. The van der Waals surface area contributed by atoms with Crippen LogP contribution in [0.3, 0.4) is 0 Å². The Morgan fingerprint density at radius 1 is 1.33 bits per heavy atom. The van der Waals surface area contributed by atoms with E-state index in [1.54, 1.807) is 37.4 Å². The van der Waals surface area contributed by atoms with Gasteiger partial charge in [-0.1, -0.05) is 12.1 Å². The molecule has 2 N–H and O–H groups in total. The Morgan fingerprint density at radius 2 is 2.20 bits per heavy atom. The first kappa shape index (κ1) is 22.0. The maximum Gasteiger partial charge on any atom is 0.243 e. The first-order valence-electron chi connectivity index (χ1n) is 10.2. The van der Waals surface area contributed by atoms with Crippen LogP contribution in [0.25, 0.3) is 0 Å². The molecule has 1 unspecified atom stereocenters. The zero-order chi connectivity index (χ0) is 21.3. The van der Waals surface area contributed by atoms with E-state index in [-0.39, 0.29) is 18.5 Å². The minimum Gasteiger partial charge on any atom is -0.497 e. The lowest BCUT2D eigenvalue weighted by atomic mass is 10.0. The number of carbonyl (C=O) groups excluding carboxylic acids is 1. The molecule has 2 aromatic rings. The van der Waals surface area contributed by atoms with Crippen LogP contribution in [0.1, 0.15) is 17.7 Å². The highest BCUT2D eigenvalue weighted by atomic mass is 32.1. The van der Waals surface area contributed by atoms with Crippen molar-refractivity contribution in [3.05, 3.63) is 46.7 Å². The number of benzene rings is 1. The van der Waals surface area contributed by atoms with Crippen LogP contribution in [-0.2, 0) is 11.3 Å². The third-order valence-corrected chi connectivity index (χ3v) is 5.94. The molecule has 0 bridgehead atoms. The van der Waals surface area contributed by atoms with Crippen LogP contribution >= 0.6 is 11.3 Å². The molecule has 0 aliphatic carbocycles. The topological polar surface area (TPSA) is 69.2 Å². The molecule has 1 aliphatic rings. The van der Waals surface area contributed by atoms with E-state index >= 15 is 0 Å². The van der Waals surface area contributed by atoms with Gasteiger partial charge in [0.1, 0.15) is 12.3 Å². The van der Waals surface area contributed by atoms with Gasteiger partial charge in [0.2, 0.25) is 5.91 Å². The van der Waals surface area contributed by atoms with Crippen molar-refractivity contribution in [2.45, 2.75) is 25.4 Å². The molecule has 1 aliphatic heterocycles. The molecular formula is C22H31N5O2S. The monoisotopic (exact) mass is 429 g/mol. The third kappa shape index (κ3) is 6.38. The maximum atomic E-state index is 12.0. The number of hydrogen-bond acceptors (Lipinski definition) is 5. The largest absolute Gasteiger partial charge is 0.497 e. The molecule has 1 fully saturated rings. The summed E-state index contributed by atoms with van der Waals surface area (Å²) >= 11 is 1.70. The summed E-state index contributed by atoms with van der Waals surface area (Å²) in [7, 11) is 5.19. The summed E-state index contributed by atoms with van der Waals surface area (Å²) in [5, 5.41) is 8.98. The van der Waals surface area contributed by atoms with Crippen LogP contribution < -0.4 is 20.3 Å². The fourth-order valence-electron chi connectivity index (χ4n) is 3.35. The average molecular weight is 430 g/mol. The van der Waals surface area contributed by atoms with E-state index in [2.05, 4.69) is 44.1 Å². The van der Waals surface area contributed by atoms with Crippen molar-refractivity contribution in [2.75, 3.05) is 45.7 Å². The van der Waals surface area contributed by atoms with Gasteiger partial charge in [0, 0.05) is 49.9 Å². The number of amides is 1. The quantitative estimate of drug-likeness (QED) is 0.523. The lowest BCUT2D eigenvalue weighted by Gasteiger charge is -2.35. The lowest BCUT2D eigenvalue weighted by molar-refractivity contribution is -0.127. The van der Waals surface area contributed by atoms with Crippen molar-refractivity contribution in [2.24, 2.45) is 4.99 Å². The van der Waals surface area contributed by atoms with Crippen molar-refractivity contribution >= 4 is 28.9 Å². The predicted molar refractivity (Wildman–Crippen MR) is 124 cm³/mol. The molecule has 1 atom stereocenters. The van der Waals surface area contributed by atoms with E-state index in [9.17, 15) is 4.79 Å². The zero-order valence-corrected chi connectivity index (χ0v) is 18.7. The standard InChI is InChI=1S/C22H31N5O2S/c1-26(2)21(28)15-24-22(23-14-20-10-6-12-30-20)25-17-7-5-11-27(16-17)18-8-4-9-19(13-18)29-3/h4,6,8-10,12-13,17H,5,7,11,14-16H2,1-3H3,(H2,23,24,25). The second-order valence-corrected chi connectivity index (χ2v) is 8.55. The summed E-state index contributed by atoms with van der Waals surface area (Å²) in [4.78, 5) is 21.7. The Bertz CT molecular complexity index is 838. The van der Waals surface area contributed by atoms with Crippen LogP contribution in [0.2, 0.25) is 0 Å². The fourth-order valence-corrected chi connectivity index (χ4v) is 4.00. The number of hydrogen-bond donors (Lipinski definition) is 2.